The molecular formula is C12H16ClN5O3. The number of rotatable bonds is 3. The van der Waals surface area contributed by atoms with Crippen LogP contribution in [0.15, 0.2) is 6.33 Å². The Labute approximate surface area is 132 Å². The number of halogens is 1. The number of aromatic nitrogens is 4. The molecule has 1 saturated heterocycles. The standard InChI is InChI=1S/C12H16ClN5O3/c1-5-6(3-19)21-11(8(5)20-2)18-4-15-7-9(13)16-12(14)17-10(7)18/h4-6,8,11,19H,3H2,1-2H3,(H2,14,16,17)/t5-,6-,8-,11-/m1/s1/i2D3,3D2. The molecule has 114 valence electrons. The summed E-state index contributed by atoms with van der Waals surface area (Å²) in [5.41, 5.74) is 5.98. The Balaban J connectivity index is 2.09. The topological polar surface area (TPSA) is 108 Å². The summed E-state index contributed by atoms with van der Waals surface area (Å²) in [5, 5.41) is 9.74. The van der Waals surface area contributed by atoms with Gasteiger partial charge in [0.15, 0.2) is 17.0 Å². The smallest absolute Gasteiger partial charge is 0.223 e. The van der Waals surface area contributed by atoms with Crippen LogP contribution in [-0.2, 0) is 9.47 Å². The maximum absolute atomic E-state index is 9.74. The Morgan fingerprint density at radius 3 is 3.19 bits per heavy atom. The predicted octanol–water partition coefficient (Wildman–Crippen LogP) is 0.603. The van der Waals surface area contributed by atoms with E-state index in [9.17, 15) is 5.11 Å². The highest BCUT2D eigenvalue weighted by molar-refractivity contribution is 6.33. The number of methoxy groups -OCH3 is 1. The molecule has 0 radical (unpaired) electrons. The van der Waals surface area contributed by atoms with Gasteiger partial charge in [0.05, 0.1) is 25.8 Å². The van der Waals surface area contributed by atoms with Gasteiger partial charge in [0.1, 0.15) is 11.6 Å². The highest BCUT2D eigenvalue weighted by atomic mass is 35.5. The Morgan fingerprint density at radius 1 is 1.67 bits per heavy atom. The van der Waals surface area contributed by atoms with Gasteiger partial charge in [0.25, 0.3) is 0 Å². The number of ether oxygens (including phenoxy) is 2. The van der Waals surface area contributed by atoms with Gasteiger partial charge in [0.2, 0.25) is 5.95 Å². The first-order valence-corrected chi connectivity index (χ1v) is 6.47. The molecule has 0 amide bonds. The zero-order chi connectivity index (χ0) is 19.4. The Bertz CT molecular complexity index is 826. The summed E-state index contributed by atoms with van der Waals surface area (Å²) in [6.07, 6.45) is -2.31. The van der Waals surface area contributed by atoms with Crippen LogP contribution in [0.1, 0.15) is 20.0 Å². The van der Waals surface area contributed by atoms with Crippen LogP contribution in [0, 0.1) is 5.92 Å². The molecule has 3 rings (SSSR count). The van der Waals surface area contributed by atoms with Crippen molar-refractivity contribution in [2.45, 2.75) is 25.4 Å². The summed E-state index contributed by atoms with van der Waals surface area (Å²) in [7, 11) is -2.76. The van der Waals surface area contributed by atoms with Crippen molar-refractivity contribution in [2.75, 3.05) is 19.3 Å². The molecule has 1 aliphatic rings. The molecule has 8 nitrogen and oxygen atoms in total. The van der Waals surface area contributed by atoms with Crippen LogP contribution in [0.3, 0.4) is 0 Å². The normalized spacial score (nSPS) is 34.1. The lowest BCUT2D eigenvalue weighted by Gasteiger charge is -2.20. The number of imidazole rings is 1. The fraction of sp³-hybridized carbons (Fsp3) is 0.583. The average molecular weight is 319 g/mol. The lowest BCUT2D eigenvalue weighted by atomic mass is 10.0. The molecule has 3 heterocycles. The van der Waals surface area contributed by atoms with Gasteiger partial charge >= 0.3 is 0 Å². The second-order valence-electron chi connectivity index (χ2n) is 4.71. The van der Waals surface area contributed by atoms with Gasteiger partial charge in [-0.25, -0.2) is 4.98 Å². The molecule has 21 heavy (non-hydrogen) atoms. The zero-order valence-corrected chi connectivity index (χ0v) is 11.7. The minimum atomic E-state index is -2.76. The summed E-state index contributed by atoms with van der Waals surface area (Å²) >= 11 is 5.99. The molecule has 0 aromatic carbocycles. The first-order chi connectivity index (χ1) is 11.9. The Hall–Kier alpha value is -1.48. The van der Waals surface area contributed by atoms with Gasteiger partial charge in [-0.05, 0) is 0 Å². The average Bonchev–Trinajstić information content (AvgIpc) is 2.99. The van der Waals surface area contributed by atoms with E-state index in [1.807, 2.05) is 0 Å². The maximum Gasteiger partial charge on any atom is 0.223 e. The Kier molecular flexibility index (Phi) is 2.44. The summed E-state index contributed by atoms with van der Waals surface area (Å²) in [6.45, 7) is -1.20. The molecule has 0 bridgehead atoms. The van der Waals surface area contributed by atoms with Crippen molar-refractivity contribution in [3.05, 3.63) is 11.5 Å². The van der Waals surface area contributed by atoms with E-state index in [0.717, 1.165) is 0 Å². The van der Waals surface area contributed by atoms with Gasteiger partial charge in [0, 0.05) is 13.0 Å². The molecule has 2 aromatic rings. The van der Waals surface area contributed by atoms with Gasteiger partial charge in [-0.15, -0.1) is 0 Å². The van der Waals surface area contributed by atoms with Crippen LogP contribution < -0.4 is 5.73 Å². The molecule has 4 atom stereocenters. The largest absolute Gasteiger partial charge is 0.394 e. The van der Waals surface area contributed by atoms with E-state index in [4.69, 9.17) is 33.7 Å². The molecule has 9 heteroatoms. The van der Waals surface area contributed by atoms with Crippen LogP contribution in [0.4, 0.5) is 5.95 Å². The summed E-state index contributed by atoms with van der Waals surface area (Å²) in [4.78, 5) is 11.9. The van der Waals surface area contributed by atoms with Crippen molar-refractivity contribution < 1.29 is 21.4 Å². The van der Waals surface area contributed by atoms with E-state index in [-0.39, 0.29) is 22.3 Å². The number of hydrogen-bond acceptors (Lipinski definition) is 7. The summed E-state index contributed by atoms with van der Waals surface area (Å²) < 4.78 is 49.2. The molecule has 0 aliphatic carbocycles. The van der Waals surface area contributed by atoms with Crippen molar-refractivity contribution in [3.63, 3.8) is 0 Å². The van der Waals surface area contributed by atoms with Crippen LogP contribution in [0.25, 0.3) is 11.2 Å². The SMILES string of the molecule is [2H]C([2H])([2H])O[C@@H]1[C@H](C)[C@@H](C([2H])([2H])O)O[C@H]1n1cnc2c(Cl)nc(N)nc21. The summed E-state index contributed by atoms with van der Waals surface area (Å²) in [5.74, 6) is -0.926. The van der Waals surface area contributed by atoms with Crippen molar-refractivity contribution in [3.8, 4) is 0 Å². The lowest BCUT2D eigenvalue weighted by Crippen LogP contribution is -2.27. The lowest BCUT2D eigenvalue weighted by molar-refractivity contribution is -0.0583. The fourth-order valence-corrected chi connectivity index (χ4v) is 2.62. The number of nitrogens with two attached hydrogens (primary N) is 1. The van der Waals surface area contributed by atoms with Crippen molar-refractivity contribution in [1.29, 1.82) is 0 Å². The summed E-state index contributed by atoms with van der Waals surface area (Å²) in [6, 6.07) is 0. The van der Waals surface area contributed by atoms with Gasteiger partial charge in [-0.3, -0.25) is 4.57 Å². The molecule has 1 aliphatic heterocycles. The third-order valence-electron chi connectivity index (χ3n) is 3.50. The number of fused-ring (bicyclic) bond motifs is 1. The van der Waals surface area contributed by atoms with E-state index in [2.05, 4.69) is 15.0 Å². The molecule has 0 unspecified atom stereocenters. The fourth-order valence-electron chi connectivity index (χ4n) is 2.41. The third kappa shape index (κ3) is 2.24. The van der Waals surface area contributed by atoms with Gasteiger partial charge in [-0.1, -0.05) is 18.5 Å². The molecule has 3 N–H and O–H groups in total. The number of aliphatic hydroxyl groups is 1. The van der Waals surface area contributed by atoms with Crippen molar-refractivity contribution in [1.82, 2.24) is 19.5 Å². The van der Waals surface area contributed by atoms with E-state index in [1.54, 1.807) is 0 Å². The molecule has 0 spiro atoms. The third-order valence-corrected chi connectivity index (χ3v) is 3.76. The number of nitrogens with zero attached hydrogens (tertiary/aromatic N) is 4. The Morgan fingerprint density at radius 2 is 2.48 bits per heavy atom. The quantitative estimate of drug-likeness (QED) is 0.798. The van der Waals surface area contributed by atoms with Crippen LogP contribution >= 0.6 is 11.6 Å². The van der Waals surface area contributed by atoms with Gasteiger partial charge in [-0.2, -0.15) is 9.97 Å². The van der Waals surface area contributed by atoms with E-state index in [0.29, 0.717) is 0 Å². The zero-order valence-electron chi connectivity index (χ0n) is 15.9. The predicted molar refractivity (Wildman–Crippen MR) is 75.7 cm³/mol. The van der Waals surface area contributed by atoms with Crippen LogP contribution in [0.2, 0.25) is 5.15 Å². The van der Waals surface area contributed by atoms with Crippen LogP contribution in [-0.4, -0.2) is 50.4 Å². The van der Waals surface area contributed by atoms with Gasteiger partial charge < -0.3 is 20.3 Å². The number of hydrogen-bond donors (Lipinski definition) is 2. The second kappa shape index (κ2) is 5.38. The monoisotopic (exact) mass is 318 g/mol. The molecule has 0 saturated carbocycles. The van der Waals surface area contributed by atoms with Crippen molar-refractivity contribution in [2.24, 2.45) is 5.92 Å². The van der Waals surface area contributed by atoms with E-state index < -0.39 is 38.0 Å². The highest BCUT2D eigenvalue weighted by Crippen LogP contribution is 2.37. The van der Waals surface area contributed by atoms with E-state index in [1.165, 1.54) is 17.8 Å². The minimum absolute atomic E-state index is 0.000349. The molecular weight excluding hydrogens is 298 g/mol. The molecule has 1 fully saturated rings. The second-order valence-corrected chi connectivity index (χ2v) is 5.07. The first kappa shape index (κ1) is 9.52. The minimum Gasteiger partial charge on any atom is -0.394 e. The van der Waals surface area contributed by atoms with Crippen molar-refractivity contribution >= 4 is 28.7 Å². The number of nitrogen functional groups attached to an aromatic ring is 1. The number of anilines is 1. The first-order valence-electron chi connectivity index (χ1n) is 8.59. The van der Waals surface area contributed by atoms with E-state index >= 15 is 0 Å². The highest BCUT2D eigenvalue weighted by Gasteiger charge is 2.43. The maximum atomic E-state index is 9.74. The molecule has 2 aromatic heterocycles. The van der Waals surface area contributed by atoms with Crippen LogP contribution in [0.5, 0.6) is 0 Å².